The summed E-state index contributed by atoms with van der Waals surface area (Å²) in [5.41, 5.74) is 3.03. The highest BCUT2D eigenvalue weighted by Gasteiger charge is 2.16. The van der Waals surface area contributed by atoms with Gasteiger partial charge in [-0.05, 0) is 35.7 Å². The Morgan fingerprint density at radius 3 is 2.31 bits per heavy atom. The number of thiophene rings is 1. The van der Waals surface area contributed by atoms with Crippen LogP contribution in [0.5, 0.6) is 0 Å². The second kappa shape index (κ2) is 9.54. The van der Waals surface area contributed by atoms with E-state index in [2.05, 4.69) is 20.9 Å². The molecule has 4 aromatic rings. The smallest absolute Gasteiger partial charge is 0.265 e. The normalized spacial score (nSPS) is 10.4. The molecule has 0 atom stereocenters. The maximum atomic E-state index is 12.9. The van der Waals surface area contributed by atoms with Crippen molar-refractivity contribution < 1.29 is 14.4 Å². The summed E-state index contributed by atoms with van der Waals surface area (Å²) in [5.74, 6) is -0.767. The molecule has 0 aliphatic carbocycles. The molecule has 7 nitrogen and oxygen atoms in total. The van der Waals surface area contributed by atoms with E-state index in [1.807, 2.05) is 22.9 Å². The molecule has 0 bridgehead atoms. The zero-order chi connectivity index (χ0) is 22.5. The van der Waals surface area contributed by atoms with Gasteiger partial charge in [0.25, 0.3) is 11.8 Å². The van der Waals surface area contributed by atoms with Crippen molar-refractivity contribution in [3.05, 3.63) is 81.9 Å². The first kappa shape index (κ1) is 21.4. The lowest BCUT2D eigenvalue weighted by Crippen LogP contribution is -2.17. The second-order valence-electron chi connectivity index (χ2n) is 6.73. The summed E-state index contributed by atoms with van der Waals surface area (Å²) >= 11 is 2.63. The summed E-state index contributed by atoms with van der Waals surface area (Å²) in [6, 6.07) is 17.6. The van der Waals surface area contributed by atoms with Gasteiger partial charge in [-0.25, -0.2) is 4.98 Å². The number of benzene rings is 2. The van der Waals surface area contributed by atoms with Gasteiger partial charge >= 0.3 is 0 Å². The second-order valence-corrected chi connectivity index (χ2v) is 8.53. The number of rotatable bonds is 6. The molecule has 4 rings (SSSR count). The number of thiazole rings is 1. The minimum absolute atomic E-state index is 0.136. The molecule has 0 radical (unpaired) electrons. The minimum atomic E-state index is -0.367. The van der Waals surface area contributed by atoms with Crippen molar-refractivity contribution in [2.45, 2.75) is 6.92 Å². The number of nitrogens with zero attached hydrogens (tertiary/aromatic N) is 1. The van der Waals surface area contributed by atoms with Gasteiger partial charge in [-0.1, -0.05) is 30.3 Å². The van der Waals surface area contributed by atoms with E-state index in [0.29, 0.717) is 32.6 Å². The summed E-state index contributed by atoms with van der Waals surface area (Å²) in [6.07, 6.45) is 0. The van der Waals surface area contributed by atoms with Crippen LogP contribution in [0.25, 0.3) is 11.3 Å². The molecule has 9 heteroatoms. The van der Waals surface area contributed by atoms with E-state index in [-0.39, 0.29) is 17.7 Å². The molecule has 3 N–H and O–H groups in total. The Morgan fingerprint density at radius 2 is 1.59 bits per heavy atom. The third-order valence-electron chi connectivity index (χ3n) is 4.39. The van der Waals surface area contributed by atoms with Crippen molar-refractivity contribution in [2.24, 2.45) is 0 Å². The van der Waals surface area contributed by atoms with Crippen LogP contribution in [-0.4, -0.2) is 22.7 Å². The van der Waals surface area contributed by atoms with E-state index in [1.165, 1.54) is 29.6 Å². The van der Waals surface area contributed by atoms with E-state index >= 15 is 0 Å². The van der Waals surface area contributed by atoms with E-state index in [0.717, 1.165) is 5.56 Å². The van der Waals surface area contributed by atoms with Gasteiger partial charge in [0.15, 0.2) is 5.13 Å². The monoisotopic (exact) mass is 462 g/mol. The minimum Gasteiger partial charge on any atom is -0.326 e. The Bertz CT molecular complexity index is 1260. The highest BCUT2D eigenvalue weighted by atomic mass is 32.1. The topological polar surface area (TPSA) is 100 Å². The molecule has 32 heavy (non-hydrogen) atoms. The lowest BCUT2D eigenvalue weighted by Gasteiger charge is -2.10. The molecular weight excluding hydrogens is 444 g/mol. The van der Waals surface area contributed by atoms with Gasteiger partial charge in [0.05, 0.1) is 21.8 Å². The van der Waals surface area contributed by atoms with Gasteiger partial charge < -0.3 is 10.6 Å². The summed E-state index contributed by atoms with van der Waals surface area (Å²) in [5, 5.41) is 12.4. The number of aromatic nitrogens is 1. The maximum Gasteiger partial charge on any atom is 0.265 e. The van der Waals surface area contributed by atoms with E-state index in [4.69, 9.17) is 0 Å². The molecule has 0 unspecified atom stereocenters. The van der Waals surface area contributed by atoms with Crippen molar-refractivity contribution in [2.75, 3.05) is 16.0 Å². The van der Waals surface area contributed by atoms with Crippen molar-refractivity contribution in [1.82, 2.24) is 4.98 Å². The van der Waals surface area contributed by atoms with E-state index < -0.39 is 0 Å². The average Bonchev–Trinajstić information content (AvgIpc) is 3.47. The number of amides is 3. The predicted molar refractivity (Wildman–Crippen MR) is 129 cm³/mol. The van der Waals surface area contributed by atoms with Gasteiger partial charge in [-0.2, -0.15) is 0 Å². The number of nitrogens with one attached hydrogen (secondary N) is 3. The molecule has 0 saturated carbocycles. The predicted octanol–water partition coefficient (Wildman–Crippen LogP) is 5.33. The number of para-hydroxylation sites is 1. The molecule has 0 spiro atoms. The summed E-state index contributed by atoms with van der Waals surface area (Å²) < 4.78 is 0. The fourth-order valence-electron chi connectivity index (χ4n) is 2.94. The van der Waals surface area contributed by atoms with Crippen molar-refractivity contribution in [3.8, 4) is 11.3 Å². The maximum absolute atomic E-state index is 12.9. The van der Waals surface area contributed by atoms with Gasteiger partial charge in [0.2, 0.25) is 5.91 Å². The molecule has 160 valence electrons. The van der Waals surface area contributed by atoms with Gasteiger partial charge in [-0.3, -0.25) is 19.7 Å². The first-order chi connectivity index (χ1) is 15.5. The number of hydrogen-bond donors (Lipinski definition) is 3. The largest absolute Gasteiger partial charge is 0.326 e. The lowest BCUT2D eigenvalue weighted by atomic mass is 10.1. The highest BCUT2D eigenvalue weighted by molar-refractivity contribution is 7.14. The van der Waals surface area contributed by atoms with Gasteiger partial charge in [0.1, 0.15) is 0 Å². The SMILES string of the molecule is CC(=O)Nc1ccc(-c2csc(NC(=O)c3ccccc3NC(=O)c3cccs3)n2)cc1. The zero-order valence-electron chi connectivity index (χ0n) is 16.9. The van der Waals surface area contributed by atoms with Crippen molar-refractivity contribution in [3.63, 3.8) is 0 Å². The number of carbonyl (C=O) groups is 3. The van der Waals surface area contributed by atoms with Crippen LogP contribution < -0.4 is 16.0 Å². The fraction of sp³-hybridized carbons (Fsp3) is 0.0435. The Labute approximate surface area is 192 Å². The van der Waals surface area contributed by atoms with Gasteiger partial charge in [-0.15, -0.1) is 22.7 Å². The number of carbonyl (C=O) groups excluding carboxylic acids is 3. The van der Waals surface area contributed by atoms with Crippen LogP contribution >= 0.6 is 22.7 Å². The molecule has 0 saturated heterocycles. The van der Waals surface area contributed by atoms with Crippen LogP contribution in [-0.2, 0) is 4.79 Å². The standard InChI is InChI=1S/C23H18N4O3S2/c1-14(28)24-16-10-8-15(9-11-16)19-13-32-23(26-19)27-21(29)17-5-2-3-6-18(17)25-22(30)20-7-4-12-31-20/h2-13H,1H3,(H,24,28)(H,25,30)(H,26,27,29). The Hall–Kier alpha value is -3.82. The molecule has 3 amide bonds. The van der Waals surface area contributed by atoms with Crippen LogP contribution in [0.15, 0.2) is 71.4 Å². The third-order valence-corrected chi connectivity index (χ3v) is 6.02. The van der Waals surface area contributed by atoms with Crippen molar-refractivity contribution >= 4 is 56.9 Å². The average molecular weight is 463 g/mol. The molecular formula is C23H18N4O3S2. The van der Waals surface area contributed by atoms with Crippen molar-refractivity contribution in [1.29, 1.82) is 0 Å². The Balaban J connectivity index is 1.47. The Kier molecular flexibility index (Phi) is 6.39. The van der Waals surface area contributed by atoms with Crippen LogP contribution in [0.2, 0.25) is 0 Å². The number of hydrogen-bond acceptors (Lipinski definition) is 6. The molecule has 0 aliphatic rings. The van der Waals surface area contributed by atoms with Gasteiger partial charge in [0, 0.05) is 23.6 Å². The number of anilines is 3. The quantitative estimate of drug-likeness (QED) is 0.360. The van der Waals surface area contributed by atoms with E-state index in [9.17, 15) is 14.4 Å². The Morgan fingerprint density at radius 1 is 0.812 bits per heavy atom. The fourth-order valence-corrected chi connectivity index (χ4v) is 4.27. The van der Waals surface area contributed by atoms with Crippen LogP contribution in [0, 0.1) is 0 Å². The first-order valence-electron chi connectivity index (χ1n) is 9.58. The first-order valence-corrected chi connectivity index (χ1v) is 11.3. The molecule has 2 heterocycles. The summed E-state index contributed by atoms with van der Waals surface area (Å²) in [6.45, 7) is 1.45. The zero-order valence-corrected chi connectivity index (χ0v) is 18.5. The van der Waals surface area contributed by atoms with Crippen LogP contribution in [0.1, 0.15) is 27.0 Å². The summed E-state index contributed by atoms with van der Waals surface area (Å²) in [7, 11) is 0. The van der Waals surface area contributed by atoms with Crippen LogP contribution in [0.4, 0.5) is 16.5 Å². The molecule has 0 fully saturated rings. The molecule has 2 aromatic heterocycles. The van der Waals surface area contributed by atoms with E-state index in [1.54, 1.807) is 48.5 Å². The highest BCUT2D eigenvalue weighted by Crippen LogP contribution is 2.27. The molecule has 2 aromatic carbocycles. The molecule has 0 aliphatic heterocycles. The van der Waals surface area contributed by atoms with Crippen LogP contribution in [0.3, 0.4) is 0 Å². The lowest BCUT2D eigenvalue weighted by molar-refractivity contribution is -0.114. The third kappa shape index (κ3) is 5.08. The summed E-state index contributed by atoms with van der Waals surface area (Å²) in [4.78, 5) is 41.4.